The van der Waals surface area contributed by atoms with Gasteiger partial charge in [0.1, 0.15) is 5.78 Å². The van der Waals surface area contributed by atoms with E-state index >= 15 is 0 Å². The van der Waals surface area contributed by atoms with E-state index in [2.05, 4.69) is 54.1 Å². The molecule has 2 atom stereocenters. The molecule has 0 spiro atoms. The van der Waals surface area contributed by atoms with Gasteiger partial charge in [-0.1, -0.05) is 54.3 Å². The van der Waals surface area contributed by atoms with Crippen LogP contribution in [0.2, 0.25) is 0 Å². The van der Waals surface area contributed by atoms with Crippen LogP contribution in [0.15, 0.2) is 59.8 Å². The van der Waals surface area contributed by atoms with Crippen LogP contribution in [0.4, 0.5) is 0 Å². The number of carbonyl (C=O) groups is 2. The summed E-state index contributed by atoms with van der Waals surface area (Å²) in [6.45, 7) is 7.47. The lowest BCUT2D eigenvalue weighted by Crippen LogP contribution is -2.38. The van der Waals surface area contributed by atoms with E-state index in [4.69, 9.17) is 10.5 Å². The number of ketones is 2. The number of benzene rings is 2. The van der Waals surface area contributed by atoms with Gasteiger partial charge in [-0.2, -0.15) is 0 Å². The smallest absolute Gasteiger partial charge is 0.163 e. The normalized spacial score (nSPS) is 17.5. The van der Waals surface area contributed by atoms with Crippen molar-refractivity contribution < 1.29 is 19.4 Å². The number of Topliss-reactive ketones (excluding diaryl/α,β-unsaturated/α-hetero) is 1. The first-order valence-corrected chi connectivity index (χ1v) is 17.6. The Kier molecular flexibility index (Phi) is 14.5. The lowest BCUT2D eigenvalue weighted by atomic mass is 9.81. The molecule has 8 heteroatoms. The van der Waals surface area contributed by atoms with Crippen LogP contribution in [-0.2, 0) is 22.4 Å². The molecule has 0 aromatic heterocycles. The molecule has 260 valence electrons. The van der Waals surface area contributed by atoms with Gasteiger partial charge in [0.2, 0.25) is 0 Å². The van der Waals surface area contributed by atoms with E-state index in [1.54, 1.807) is 18.2 Å². The maximum Gasteiger partial charge on any atom is 0.163 e. The van der Waals surface area contributed by atoms with E-state index in [-0.39, 0.29) is 29.9 Å². The number of nitrogens with one attached hydrogen (secondary N) is 3. The standard InChI is InChI=1S/C40H56N4O4/c1-27-16-28(2)18-29(17-27)19-35-21-30(25-44-40(35)41)20-34-22-38(47)39(48-4)23-32(34)10-11-37(46)24-36(45)9-7-5-6-8-33(26-42-3)31-12-14-43-15-13-31/h10-11,16-18,21-23,25,31,33,40,42-44,47H,5-9,12-15,19-20,24,26,41H2,1-4H3. The number of nitrogens with two attached hydrogens (primary N) is 1. The molecule has 48 heavy (non-hydrogen) atoms. The number of phenols is 1. The predicted octanol–water partition coefficient (Wildman–Crippen LogP) is 5.83. The summed E-state index contributed by atoms with van der Waals surface area (Å²) in [6.07, 6.45) is 15.1. The van der Waals surface area contributed by atoms with E-state index in [9.17, 15) is 14.7 Å². The summed E-state index contributed by atoms with van der Waals surface area (Å²) in [7, 11) is 3.53. The van der Waals surface area contributed by atoms with Gasteiger partial charge in [0, 0.05) is 12.6 Å². The van der Waals surface area contributed by atoms with Crippen LogP contribution in [0.3, 0.4) is 0 Å². The fraction of sp³-hybridized carbons (Fsp3) is 0.500. The molecule has 2 aromatic rings. The first-order chi connectivity index (χ1) is 23.1. The van der Waals surface area contributed by atoms with Crippen LogP contribution in [0.25, 0.3) is 6.08 Å². The molecule has 1 saturated heterocycles. The zero-order valence-corrected chi connectivity index (χ0v) is 29.4. The summed E-state index contributed by atoms with van der Waals surface area (Å²) in [4.78, 5) is 25.5. The van der Waals surface area contributed by atoms with Gasteiger partial charge in [0.15, 0.2) is 17.3 Å². The summed E-state index contributed by atoms with van der Waals surface area (Å²) in [6, 6.07) is 9.93. The monoisotopic (exact) mass is 656 g/mol. The quantitative estimate of drug-likeness (QED) is 0.0772. The van der Waals surface area contributed by atoms with Crippen molar-refractivity contribution in [3.05, 3.63) is 87.6 Å². The Morgan fingerprint density at radius 3 is 2.52 bits per heavy atom. The van der Waals surface area contributed by atoms with Gasteiger partial charge >= 0.3 is 0 Å². The molecule has 2 aliphatic heterocycles. The molecular formula is C40H56N4O4. The number of piperidine rings is 1. The van der Waals surface area contributed by atoms with Crippen molar-refractivity contribution in [1.29, 1.82) is 0 Å². The molecule has 0 amide bonds. The highest BCUT2D eigenvalue weighted by Crippen LogP contribution is 2.32. The third-order valence-corrected chi connectivity index (χ3v) is 9.61. The van der Waals surface area contributed by atoms with Gasteiger partial charge in [0.05, 0.1) is 19.7 Å². The average Bonchev–Trinajstić information content (AvgIpc) is 3.05. The highest BCUT2D eigenvalue weighted by atomic mass is 16.5. The lowest BCUT2D eigenvalue weighted by Gasteiger charge is -2.30. The van der Waals surface area contributed by atoms with Gasteiger partial charge < -0.3 is 31.5 Å². The number of aromatic hydroxyl groups is 1. The third kappa shape index (κ3) is 11.5. The number of rotatable bonds is 18. The fourth-order valence-corrected chi connectivity index (χ4v) is 7.17. The predicted molar refractivity (Wildman–Crippen MR) is 195 cm³/mol. The van der Waals surface area contributed by atoms with Crippen molar-refractivity contribution in [3.8, 4) is 11.5 Å². The molecular weight excluding hydrogens is 600 g/mol. The van der Waals surface area contributed by atoms with E-state index < -0.39 is 0 Å². The third-order valence-electron chi connectivity index (χ3n) is 9.61. The summed E-state index contributed by atoms with van der Waals surface area (Å²) in [5.41, 5.74) is 13.7. The molecule has 2 heterocycles. The number of phenolic OH excluding ortho intramolecular Hbond substituents is 1. The number of aryl methyl sites for hydroxylation is 2. The molecule has 6 N–H and O–H groups in total. The van der Waals surface area contributed by atoms with Crippen LogP contribution in [0.5, 0.6) is 11.5 Å². The molecule has 2 aromatic carbocycles. The summed E-state index contributed by atoms with van der Waals surface area (Å²) < 4.78 is 5.36. The van der Waals surface area contributed by atoms with Crippen molar-refractivity contribution in [3.63, 3.8) is 0 Å². The zero-order valence-electron chi connectivity index (χ0n) is 29.4. The van der Waals surface area contributed by atoms with E-state index in [0.29, 0.717) is 24.5 Å². The van der Waals surface area contributed by atoms with Crippen molar-refractivity contribution in [2.45, 2.75) is 84.2 Å². The van der Waals surface area contributed by atoms with Gasteiger partial charge in [0.25, 0.3) is 0 Å². The summed E-state index contributed by atoms with van der Waals surface area (Å²) >= 11 is 0. The fourth-order valence-electron chi connectivity index (χ4n) is 7.17. The molecule has 2 unspecified atom stereocenters. The highest BCUT2D eigenvalue weighted by molar-refractivity contribution is 6.06. The van der Waals surface area contributed by atoms with Crippen LogP contribution < -0.4 is 26.4 Å². The highest BCUT2D eigenvalue weighted by Gasteiger charge is 2.22. The minimum atomic E-state index is -0.289. The number of unbranched alkanes of at least 4 members (excludes halogenated alkanes) is 2. The van der Waals surface area contributed by atoms with Crippen LogP contribution >= 0.6 is 0 Å². The topological polar surface area (TPSA) is 126 Å². The average molecular weight is 657 g/mol. The molecule has 2 aliphatic rings. The minimum Gasteiger partial charge on any atom is -0.504 e. The molecule has 8 nitrogen and oxygen atoms in total. The second-order valence-electron chi connectivity index (χ2n) is 13.7. The molecule has 0 aliphatic carbocycles. The number of dihydropyridines is 1. The summed E-state index contributed by atoms with van der Waals surface area (Å²) in [5.74, 6) is 1.57. The summed E-state index contributed by atoms with van der Waals surface area (Å²) in [5, 5.41) is 20.7. The first kappa shape index (κ1) is 37.1. The van der Waals surface area contributed by atoms with Gasteiger partial charge in [-0.15, -0.1) is 0 Å². The van der Waals surface area contributed by atoms with Gasteiger partial charge in [-0.25, -0.2) is 0 Å². The van der Waals surface area contributed by atoms with E-state index in [1.165, 1.54) is 49.1 Å². The lowest BCUT2D eigenvalue weighted by molar-refractivity contribution is -0.124. The number of methoxy groups -OCH3 is 1. The number of hydrogen-bond acceptors (Lipinski definition) is 8. The van der Waals surface area contributed by atoms with Crippen molar-refractivity contribution in [2.24, 2.45) is 17.6 Å². The Morgan fingerprint density at radius 1 is 1.06 bits per heavy atom. The molecule has 0 radical (unpaired) electrons. The van der Waals surface area contributed by atoms with Gasteiger partial charge in [-0.05, 0) is 137 Å². The van der Waals surface area contributed by atoms with Crippen molar-refractivity contribution in [1.82, 2.24) is 16.0 Å². The van der Waals surface area contributed by atoms with Crippen molar-refractivity contribution in [2.75, 3.05) is 33.8 Å². The van der Waals surface area contributed by atoms with E-state index in [0.717, 1.165) is 73.5 Å². The van der Waals surface area contributed by atoms with E-state index in [1.807, 2.05) is 13.2 Å². The Labute approximate surface area is 287 Å². The number of ether oxygens (including phenoxy) is 1. The van der Waals surface area contributed by atoms with Gasteiger partial charge in [-0.3, -0.25) is 9.59 Å². The Bertz CT molecular complexity index is 1470. The number of hydrogen-bond donors (Lipinski definition) is 5. The Hall–Kier alpha value is -3.72. The maximum atomic E-state index is 12.8. The number of carbonyl (C=O) groups excluding carboxylic acids is 2. The maximum absolute atomic E-state index is 12.8. The number of allylic oxidation sites excluding steroid dienone is 3. The largest absolute Gasteiger partial charge is 0.504 e. The zero-order chi connectivity index (χ0) is 34.5. The van der Waals surface area contributed by atoms with Crippen LogP contribution in [-0.4, -0.2) is 56.6 Å². The molecule has 1 fully saturated rings. The minimum absolute atomic E-state index is 0.0189. The second kappa shape index (κ2) is 18.7. The van der Waals surface area contributed by atoms with Crippen LogP contribution in [0, 0.1) is 25.7 Å². The first-order valence-electron chi connectivity index (χ1n) is 17.6. The van der Waals surface area contributed by atoms with Crippen molar-refractivity contribution >= 4 is 17.6 Å². The Morgan fingerprint density at radius 2 is 1.81 bits per heavy atom. The second-order valence-corrected chi connectivity index (χ2v) is 13.7. The molecule has 0 bridgehead atoms. The molecule has 4 rings (SSSR count). The molecule has 0 saturated carbocycles. The SMILES string of the molecule is CNCC(CCCCCC(=O)CC(=O)C=Cc1cc(OC)c(O)cc1CC1=CNC(N)C(Cc2cc(C)cc(C)c2)=C1)C1CCNCC1. The van der Waals surface area contributed by atoms with Crippen LogP contribution in [0.1, 0.15) is 79.2 Å². The Balaban J connectivity index is 1.32.